The molecule has 0 bridgehead atoms. The Morgan fingerprint density at radius 3 is 2.74 bits per heavy atom. The lowest BCUT2D eigenvalue weighted by Crippen LogP contribution is -2.46. The predicted molar refractivity (Wildman–Crippen MR) is 80.8 cm³/mol. The summed E-state index contributed by atoms with van der Waals surface area (Å²) in [4.78, 5) is 0. The van der Waals surface area contributed by atoms with Gasteiger partial charge in [0.2, 0.25) is 0 Å². The molecule has 2 aliphatic rings. The third-order valence-corrected chi connectivity index (χ3v) is 6.49. The lowest BCUT2D eigenvalue weighted by molar-refractivity contribution is 0.330. The lowest BCUT2D eigenvalue weighted by Gasteiger charge is -2.35. The second-order valence-corrected chi connectivity index (χ2v) is 7.78. The maximum atomic E-state index is 12.4. The van der Waals surface area contributed by atoms with Crippen LogP contribution in [0.2, 0.25) is 0 Å². The van der Waals surface area contributed by atoms with Crippen molar-refractivity contribution in [1.29, 1.82) is 0 Å². The number of hydrogen-bond donors (Lipinski definition) is 1. The van der Waals surface area contributed by atoms with Crippen LogP contribution in [0, 0.1) is 0 Å². The first-order chi connectivity index (χ1) is 9.24. The highest BCUT2D eigenvalue weighted by molar-refractivity contribution is 7.85. The van der Waals surface area contributed by atoms with Crippen LogP contribution in [-0.2, 0) is 10.8 Å². The van der Waals surface area contributed by atoms with Crippen molar-refractivity contribution in [2.75, 3.05) is 5.75 Å². The minimum atomic E-state index is -0.652. The monoisotopic (exact) mass is 277 g/mol. The van der Waals surface area contributed by atoms with Crippen LogP contribution < -0.4 is 5.32 Å². The molecule has 3 heteroatoms. The molecule has 5 atom stereocenters. The van der Waals surface area contributed by atoms with Crippen molar-refractivity contribution in [2.24, 2.45) is 0 Å². The summed E-state index contributed by atoms with van der Waals surface area (Å²) in [5, 5.41) is 4.04. The van der Waals surface area contributed by atoms with Gasteiger partial charge >= 0.3 is 0 Å². The second kappa shape index (κ2) is 5.76. The lowest BCUT2D eigenvalue weighted by atomic mass is 9.81. The van der Waals surface area contributed by atoms with Crippen LogP contribution in [0.3, 0.4) is 0 Å². The van der Waals surface area contributed by atoms with E-state index in [1.165, 1.54) is 18.4 Å². The smallest absolute Gasteiger partial charge is 0.0507 e. The average Bonchev–Trinajstić information content (AvgIpc) is 2.59. The quantitative estimate of drug-likeness (QED) is 0.855. The van der Waals surface area contributed by atoms with Gasteiger partial charge in [0.05, 0.1) is 5.25 Å². The summed E-state index contributed by atoms with van der Waals surface area (Å²) in [5.74, 6) is 1.47. The van der Waals surface area contributed by atoms with Gasteiger partial charge in [-0.2, -0.15) is 0 Å². The molecular weight excluding hydrogens is 254 g/mol. The molecule has 1 aromatic carbocycles. The number of benzene rings is 1. The van der Waals surface area contributed by atoms with Crippen molar-refractivity contribution in [1.82, 2.24) is 5.32 Å². The number of rotatable bonds is 1. The van der Waals surface area contributed by atoms with Crippen LogP contribution in [0.1, 0.15) is 44.1 Å². The number of hydrogen-bond acceptors (Lipinski definition) is 2. The van der Waals surface area contributed by atoms with E-state index in [4.69, 9.17) is 0 Å². The highest BCUT2D eigenvalue weighted by atomic mass is 32.2. The highest BCUT2D eigenvalue weighted by Gasteiger charge is 2.37. The Labute approximate surface area is 118 Å². The van der Waals surface area contributed by atoms with E-state index < -0.39 is 10.8 Å². The molecule has 1 N–H and O–H groups in total. The van der Waals surface area contributed by atoms with E-state index >= 15 is 0 Å². The molecule has 3 rings (SSSR count). The van der Waals surface area contributed by atoms with Gasteiger partial charge in [-0.25, -0.2) is 0 Å². The molecule has 5 unspecified atom stereocenters. The molecule has 0 radical (unpaired) electrons. The van der Waals surface area contributed by atoms with Gasteiger partial charge in [-0.05, 0) is 44.1 Å². The molecule has 1 aliphatic carbocycles. The number of nitrogens with one attached hydrogen (secondary N) is 1. The van der Waals surface area contributed by atoms with Crippen LogP contribution in [0.25, 0.3) is 0 Å². The van der Waals surface area contributed by atoms with Crippen molar-refractivity contribution in [2.45, 2.75) is 55.9 Å². The standard InChI is InChI=1S/C16H23NOS/c1-12-9-10-19(18)16-11-14(7-8-15(16)17-12)13-5-3-2-4-6-13/h2-6,12,14-17H,7-11H2,1H3. The summed E-state index contributed by atoms with van der Waals surface area (Å²) in [5.41, 5.74) is 1.43. The van der Waals surface area contributed by atoms with Crippen LogP contribution in [0.5, 0.6) is 0 Å². The van der Waals surface area contributed by atoms with Crippen LogP contribution in [0.4, 0.5) is 0 Å². The molecule has 0 aromatic heterocycles. The maximum absolute atomic E-state index is 12.4. The van der Waals surface area contributed by atoms with Gasteiger partial charge in [0.25, 0.3) is 0 Å². The van der Waals surface area contributed by atoms with Crippen LogP contribution in [-0.4, -0.2) is 27.3 Å². The van der Waals surface area contributed by atoms with Crippen molar-refractivity contribution < 1.29 is 4.21 Å². The molecule has 19 heavy (non-hydrogen) atoms. The Morgan fingerprint density at radius 1 is 1.16 bits per heavy atom. The minimum Gasteiger partial charge on any atom is -0.310 e. The molecule has 2 nitrogen and oxygen atoms in total. The second-order valence-electron chi connectivity index (χ2n) is 6.01. The van der Waals surface area contributed by atoms with Crippen molar-refractivity contribution in [3.8, 4) is 0 Å². The fourth-order valence-electron chi connectivity index (χ4n) is 3.53. The molecule has 2 fully saturated rings. The minimum absolute atomic E-state index is 0.351. The normalized spacial score (nSPS) is 39.3. The third kappa shape index (κ3) is 2.92. The zero-order chi connectivity index (χ0) is 13.2. The zero-order valence-electron chi connectivity index (χ0n) is 11.5. The maximum Gasteiger partial charge on any atom is 0.0507 e. The first-order valence-corrected chi connectivity index (χ1v) is 8.80. The topological polar surface area (TPSA) is 29.1 Å². The van der Waals surface area contributed by atoms with Crippen molar-refractivity contribution in [3.05, 3.63) is 35.9 Å². The first-order valence-electron chi connectivity index (χ1n) is 7.42. The fourth-order valence-corrected chi connectivity index (χ4v) is 5.45. The molecule has 104 valence electrons. The van der Waals surface area contributed by atoms with E-state index in [1.54, 1.807) is 0 Å². The van der Waals surface area contributed by atoms with E-state index in [9.17, 15) is 4.21 Å². The predicted octanol–water partition coefficient (Wildman–Crippen LogP) is 2.82. The zero-order valence-corrected chi connectivity index (χ0v) is 12.4. The number of fused-ring (bicyclic) bond motifs is 1. The van der Waals surface area contributed by atoms with Gasteiger partial charge in [-0.15, -0.1) is 0 Å². The van der Waals surface area contributed by atoms with Gasteiger partial charge in [0.15, 0.2) is 0 Å². The largest absolute Gasteiger partial charge is 0.310 e. The average molecular weight is 277 g/mol. The molecule has 1 aromatic rings. The molecule has 1 saturated heterocycles. The van der Waals surface area contributed by atoms with Crippen LogP contribution >= 0.6 is 0 Å². The Bertz CT molecular complexity index is 447. The van der Waals surface area contributed by atoms with Gasteiger partial charge in [-0.3, -0.25) is 4.21 Å². The van der Waals surface area contributed by atoms with Crippen molar-refractivity contribution in [3.63, 3.8) is 0 Å². The van der Waals surface area contributed by atoms with Gasteiger partial charge in [0, 0.05) is 28.6 Å². The van der Waals surface area contributed by atoms with E-state index in [0.717, 1.165) is 18.6 Å². The van der Waals surface area contributed by atoms with Crippen molar-refractivity contribution >= 4 is 10.8 Å². The summed E-state index contributed by atoms with van der Waals surface area (Å²) in [6.45, 7) is 2.23. The third-order valence-electron chi connectivity index (χ3n) is 4.65. The SMILES string of the molecule is CC1CCS(=O)C2CC(c3ccccc3)CCC2N1. The molecule has 1 saturated carbocycles. The fraction of sp³-hybridized carbons (Fsp3) is 0.625. The summed E-state index contributed by atoms with van der Waals surface area (Å²) in [7, 11) is -0.652. The molecule has 1 aliphatic heterocycles. The summed E-state index contributed by atoms with van der Waals surface area (Å²) >= 11 is 0. The first kappa shape index (κ1) is 13.3. The van der Waals surface area contributed by atoms with E-state index in [1.807, 2.05) is 0 Å². The molecular formula is C16H23NOS. The van der Waals surface area contributed by atoms with Crippen LogP contribution in [0.15, 0.2) is 30.3 Å². The van der Waals surface area contributed by atoms with Gasteiger partial charge in [0.1, 0.15) is 0 Å². The van der Waals surface area contributed by atoms with Gasteiger partial charge in [-0.1, -0.05) is 30.3 Å². The molecule has 0 spiro atoms. The summed E-state index contributed by atoms with van der Waals surface area (Å²) in [6, 6.07) is 11.7. The Kier molecular flexibility index (Phi) is 4.04. The molecule has 1 heterocycles. The Morgan fingerprint density at radius 2 is 1.95 bits per heavy atom. The van der Waals surface area contributed by atoms with E-state index in [2.05, 4.69) is 42.6 Å². The van der Waals surface area contributed by atoms with Gasteiger partial charge < -0.3 is 5.32 Å². The van der Waals surface area contributed by atoms with E-state index in [0.29, 0.717) is 23.3 Å². The Hall–Kier alpha value is -0.670. The summed E-state index contributed by atoms with van der Waals surface area (Å²) in [6.07, 6.45) is 4.53. The highest BCUT2D eigenvalue weighted by Crippen LogP contribution is 2.36. The Balaban J connectivity index is 1.76. The van der Waals surface area contributed by atoms with E-state index in [-0.39, 0.29) is 0 Å². The summed E-state index contributed by atoms with van der Waals surface area (Å²) < 4.78 is 12.4. The molecule has 0 amide bonds.